The highest BCUT2D eigenvalue weighted by Crippen LogP contribution is 2.36. The fourth-order valence-corrected chi connectivity index (χ4v) is 3.35. The highest BCUT2D eigenvalue weighted by Gasteiger charge is 2.19. The lowest BCUT2D eigenvalue weighted by Gasteiger charge is -2.14. The van der Waals surface area contributed by atoms with Crippen LogP contribution in [0.15, 0.2) is 48.5 Å². The molecule has 1 N–H and O–H groups in total. The van der Waals surface area contributed by atoms with E-state index < -0.39 is 0 Å². The summed E-state index contributed by atoms with van der Waals surface area (Å²) >= 11 is 1.86. The van der Waals surface area contributed by atoms with Crippen molar-refractivity contribution in [2.45, 2.75) is 5.37 Å². The summed E-state index contributed by atoms with van der Waals surface area (Å²) in [5.74, 6) is 1.71. The van der Waals surface area contributed by atoms with Gasteiger partial charge in [0.2, 0.25) is 0 Å². The summed E-state index contributed by atoms with van der Waals surface area (Å²) in [6.07, 6.45) is 0. The lowest BCUT2D eigenvalue weighted by atomic mass is 10.2. The van der Waals surface area contributed by atoms with E-state index in [9.17, 15) is 4.79 Å². The lowest BCUT2D eigenvalue weighted by Crippen LogP contribution is -2.13. The molecule has 2 aromatic carbocycles. The highest BCUT2D eigenvalue weighted by atomic mass is 32.2. The number of esters is 1. The van der Waals surface area contributed by atoms with Crippen molar-refractivity contribution in [2.75, 3.05) is 19.4 Å². The van der Waals surface area contributed by atoms with Gasteiger partial charge in [-0.05, 0) is 29.8 Å². The van der Waals surface area contributed by atoms with E-state index >= 15 is 0 Å². The Morgan fingerprint density at radius 3 is 2.68 bits per heavy atom. The van der Waals surface area contributed by atoms with Gasteiger partial charge in [0.05, 0.1) is 18.0 Å². The van der Waals surface area contributed by atoms with E-state index in [0.29, 0.717) is 17.1 Å². The molecule has 3 rings (SSSR count). The predicted molar refractivity (Wildman–Crippen MR) is 87.6 cm³/mol. The molecule has 2 aromatic rings. The number of thioether (sulfide) groups is 1. The Hall–Kier alpha value is -1.98. The topological polar surface area (TPSA) is 47.6 Å². The summed E-state index contributed by atoms with van der Waals surface area (Å²) in [5.41, 5.74) is 1.64. The summed E-state index contributed by atoms with van der Waals surface area (Å²) in [6, 6.07) is 14.6. The normalized spacial score (nSPS) is 17.2. The molecular weight excluding hydrogens is 298 g/mol. The number of carbonyl (C=O) groups is 1. The number of carbonyl (C=O) groups excluding carboxylic acids is 1. The summed E-state index contributed by atoms with van der Waals surface area (Å²) in [7, 11) is 1.58. The Morgan fingerprint density at radius 1 is 1.18 bits per heavy atom. The summed E-state index contributed by atoms with van der Waals surface area (Å²) in [4.78, 5) is 12.1. The summed E-state index contributed by atoms with van der Waals surface area (Å²) < 4.78 is 10.8. The summed E-state index contributed by atoms with van der Waals surface area (Å²) in [5, 5.41) is 3.68. The Bertz CT molecular complexity index is 654. The molecule has 1 aliphatic heterocycles. The number of rotatable bonds is 4. The molecule has 0 bridgehead atoms. The van der Waals surface area contributed by atoms with Crippen LogP contribution in [0.4, 0.5) is 0 Å². The number of ether oxygens (including phenoxy) is 2. The maximum Gasteiger partial charge on any atom is 0.343 e. The Balaban J connectivity index is 1.80. The van der Waals surface area contributed by atoms with Gasteiger partial charge in [-0.3, -0.25) is 0 Å². The number of benzene rings is 2. The number of nitrogens with one attached hydrogen (secondary N) is 1. The van der Waals surface area contributed by atoms with Crippen LogP contribution in [0.5, 0.6) is 11.5 Å². The molecule has 0 saturated carbocycles. The second-order valence-corrected chi connectivity index (χ2v) is 6.08. The molecule has 1 atom stereocenters. The molecule has 5 heteroatoms. The average molecular weight is 315 g/mol. The van der Waals surface area contributed by atoms with Gasteiger partial charge < -0.3 is 14.8 Å². The van der Waals surface area contributed by atoms with Crippen molar-refractivity contribution in [3.63, 3.8) is 0 Å². The zero-order chi connectivity index (χ0) is 15.4. The van der Waals surface area contributed by atoms with Gasteiger partial charge in [-0.1, -0.05) is 24.3 Å². The van der Waals surface area contributed by atoms with Crippen molar-refractivity contribution < 1.29 is 14.3 Å². The van der Waals surface area contributed by atoms with Crippen molar-refractivity contribution in [2.24, 2.45) is 0 Å². The lowest BCUT2D eigenvalue weighted by molar-refractivity contribution is 0.0729. The van der Waals surface area contributed by atoms with Gasteiger partial charge in [0.25, 0.3) is 0 Å². The average Bonchev–Trinajstić information content (AvgIpc) is 3.10. The Kier molecular flexibility index (Phi) is 4.65. The van der Waals surface area contributed by atoms with Crippen LogP contribution in [0, 0.1) is 0 Å². The van der Waals surface area contributed by atoms with Gasteiger partial charge in [0, 0.05) is 12.3 Å². The van der Waals surface area contributed by atoms with Crippen LogP contribution in [0.25, 0.3) is 0 Å². The van der Waals surface area contributed by atoms with E-state index in [0.717, 1.165) is 17.9 Å². The Labute approximate surface area is 133 Å². The molecule has 1 heterocycles. The van der Waals surface area contributed by atoms with Gasteiger partial charge >= 0.3 is 5.97 Å². The van der Waals surface area contributed by atoms with E-state index in [2.05, 4.69) is 5.32 Å². The van der Waals surface area contributed by atoms with E-state index in [4.69, 9.17) is 9.47 Å². The minimum atomic E-state index is -0.389. The maximum absolute atomic E-state index is 12.1. The third-order valence-electron chi connectivity index (χ3n) is 3.42. The molecular formula is C17H17NO3S. The standard InChI is InChI=1S/C17H17NO3S/c1-20-15-11-13(16-18-9-10-22-16)7-8-14(15)21-17(19)12-5-3-2-4-6-12/h2-8,11,16,18H,9-10H2,1H3. The molecule has 1 saturated heterocycles. The molecule has 0 radical (unpaired) electrons. The van der Waals surface area contributed by atoms with Crippen LogP contribution in [-0.2, 0) is 0 Å². The molecule has 0 spiro atoms. The molecule has 1 unspecified atom stereocenters. The second kappa shape index (κ2) is 6.85. The molecule has 0 amide bonds. The largest absolute Gasteiger partial charge is 0.493 e. The van der Waals surface area contributed by atoms with Crippen molar-refractivity contribution in [1.29, 1.82) is 0 Å². The highest BCUT2D eigenvalue weighted by molar-refractivity contribution is 7.99. The number of hydrogen-bond acceptors (Lipinski definition) is 5. The van der Waals surface area contributed by atoms with Crippen LogP contribution in [-0.4, -0.2) is 25.4 Å². The fourth-order valence-electron chi connectivity index (χ4n) is 2.30. The van der Waals surface area contributed by atoms with Crippen LogP contribution < -0.4 is 14.8 Å². The van der Waals surface area contributed by atoms with Crippen LogP contribution in [0.3, 0.4) is 0 Å². The SMILES string of the molecule is COc1cc(C2NCCS2)ccc1OC(=O)c1ccccc1. The monoisotopic (exact) mass is 315 g/mol. The zero-order valence-electron chi connectivity index (χ0n) is 12.2. The van der Waals surface area contributed by atoms with E-state index in [-0.39, 0.29) is 11.3 Å². The second-order valence-electron chi connectivity index (χ2n) is 4.87. The summed E-state index contributed by atoms with van der Waals surface area (Å²) in [6.45, 7) is 1.00. The zero-order valence-corrected chi connectivity index (χ0v) is 13.1. The van der Waals surface area contributed by atoms with Crippen molar-refractivity contribution in [1.82, 2.24) is 5.32 Å². The quantitative estimate of drug-likeness (QED) is 0.693. The minimum absolute atomic E-state index is 0.271. The molecule has 22 heavy (non-hydrogen) atoms. The predicted octanol–water partition coefficient (Wildman–Crippen LogP) is 3.25. The molecule has 0 aliphatic carbocycles. The van der Waals surface area contributed by atoms with Gasteiger partial charge in [-0.25, -0.2) is 4.79 Å². The smallest absolute Gasteiger partial charge is 0.343 e. The van der Waals surface area contributed by atoms with Crippen molar-refractivity contribution in [3.8, 4) is 11.5 Å². The van der Waals surface area contributed by atoms with E-state index in [1.54, 1.807) is 37.4 Å². The molecule has 4 nitrogen and oxygen atoms in total. The van der Waals surface area contributed by atoms with Crippen LogP contribution >= 0.6 is 11.8 Å². The molecule has 0 aromatic heterocycles. The maximum atomic E-state index is 12.1. The fraction of sp³-hybridized carbons (Fsp3) is 0.235. The third-order valence-corrected chi connectivity index (χ3v) is 4.63. The van der Waals surface area contributed by atoms with Crippen LogP contribution in [0.2, 0.25) is 0 Å². The Morgan fingerprint density at radius 2 is 2.00 bits per heavy atom. The van der Waals surface area contributed by atoms with E-state index in [1.165, 1.54) is 0 Å². The van der Waals surface area contributed by atoms with Gasteiger partial charge in [0.15, 0.2) is 11.5 Å². The first-order chi connectivity index (χ1) is 10.8. The third kappa shape index (κ3) is 3.26. The van der Waals surface area contributed by atoms with E-state index in [1.807, 2.05) is 30.0 Å². The minimum Gasteiger partial charge on any atom is -0.493 e. The first-order valence-electron chi connectivity index (χ1n) is 7.08. The number of hydrogen-bond donors (Lipinski definition) is 1. The van der Waals surface area contributed by atoms with Crippen molar-refractivity contribution >= 4 is 17.7 Å². The van der Waals surface area contributed by atoms with Gasteiger partial charge in [-0.15, -0.1) is 11.8 Å². The first kappa shape index (κ1) is 14.9. The van der Waals surface area contributed by atoms with Gasteiger partial charge in [0.1, 0.15) is 0 Å². The van der Waals surface area contributed by atoms with Crippen LogP contribution in [0.1, 0.15) is 21.3 Å². The molecule has 114 valence electrons. The first-order valence-corrected chi connectivity index (χ1v) is 8.13. The molecule has 1 aliphatic rings. The molecule has 1 fully saturated rings. The van der Waals surface area contributed by atoms with Gasteiger partial charge in [-0.2, -0.15) is 0 Å². The van der Waals surface area contributed by atoms with Crippen molar-refractivity contribution in [3.05, 3.63) is 59.7 Å². The number of methoxy groups -OCH3 is 1.